The summed E-state index contributed by atoms with van der Waals surface area (Å²) in [5.41, 5.74) is 5.63. The second-order valence-electron chi connectivity index (χ2n) is 4.89. The highest BCUT2D eigenvalue weighted by molar-refractivity contribution is 5.65. The highest BCUT2D eigenvalue weighted by atomic mass is 16.4. The summed E-state index contributed by atoms with van der Waals surface area (Å²) in [5, 5.41) is 8.90. The number of carboxylic acid groups (broad SMARTS) is 1. The standard InChI is InChI=1S/C12H19N5O2/c1-16(11-6-10(13)14-8-15-11)7-9-2-4-17(5-3-9)12(18)19/h6,8-9H,2-5,7H2,1H3,(H,18,19)(H2,13,14,15). The molecule has 1 aliphatic rings. The zero-order valence-corrected chi connectivity index (χ0v) is 11.0. The highest BCUT2D eigenvalue weighted by Gasteiger charge is 2.23. The van der Waals surface area contributed by atoms with Gasteiger partial charge in [-0.15, -0.1) is 0 Å². The van der Waals surface area contributed by atoms with Crippen molar-refractivity contribution in [2.24, 2.45) is 5.92 Å². The van der Waals surface area contributed by atoms with Crippen molar-refractivity contribution in [3.05, 3.63) is 12.4 Å². The van der Waals surface area contributed by atoms with Crippen LogP contribution >= 0.6 is 0 Å². The Bertz CT molecular complexity index is 446. The SMILES string of the molecule is CN(CC1CCN(C(=O)O)CC1)c1cc(N)ncn1. The van der Waals surface area contributed by atoms with E-state index in [0.717, 1.165) is 25.2 Å². The Morgan fingerprint density at radius 3 is 2.79 bits per heavy atom. The zero-order chi connectivity index (χ0) is 13.8. The van der Waals surface area contributed by atoms with Gasteiger partial charge in [-0.1, -0.05) is 0 Å². The molecule has 1 fully saturated rings. The third kappa shape index (κ3) is 3.46. The van der Waals surface area contributed by atoms with Gasteiger partial charge in [0.1, 0.15) is 18.0 Å². The molecule has 1 amide bonds. The van der Waals surface area contributed by atoms with Crippen LogP contribution in [0.2, 0.25) is 0 Å². The average molecular weight is 265 g/mol. The Kier molecular flexibility index (Phi) is 4.03. The minimum Gasteiger partial charge on any atom is -0.465 e. The molecule has 104 valence electrons. The molecule has 0 spiro atoms. The number of nitrogens with two attached hydrogens (primary N) is 1. The summed E-state index contributed by atoms with van der Waals surface area (Å²) in [6.07, 6.45) is 2.40. The summed E-state index contributed by atoms with van der Waals surface area (Å²) in [6, 6.07) is 1.74. The van der Waals surface area contributed by atoms with Crippen molar-refractivity contribution in [2.45, 2.75) is 12.8 Å². The topological polar surface area (TPSA) is 95.6 Å². The maximum Gasteiger partial charge on any atom is 0.407 e. The molecule has 0 unspecified atom stereocenters. The van der Waals surface area contributed by atoms with Gasteiger partial charge in [-0.2, -0.15) is 0 Å². The van der Waals surface area contributed by atoms with Gasteiger partial charge < -0.3 is 20.6 Å². The van der Waals surface area contributed by atoms with Gasteiger partial charge in [0.15, 0.2) is 0 Å². The lowest BCUT2D eigenvalue weighted by Gasteiger charge is -2.32. The molecule has 0 aliphatic carbocycles. The molecule has 0 saturated carbocycles. The van der Waals surface area contributed by atoms with Gasteiger partial charge in [-0.3, -0.25) is 0 Å². The van der Waals surface area contributed by atoms with Crippen LogP contribution in [0.25, 0.3) is 0 Å². The van der Waals surface area contributed by atoms with Crippen LogP contribution in [0.4, 0.5) is 16.4 Å². The summed E-state index contributed by atoms with van der Waals surface area (Å²) < 4.78 is 0. The number of nitrogens with zero attached hydrogens (tertiary/aromatic N) is 4. The van der Waals surface area contributed by atoms with Crippen molar-refractivity contribution in [2.75, 3.05) is 37.3 Å². The molecule has 0 atom stereocenters. The molecule has 7 heteroatoms. The minimum absolute atomic E-state index is 0.456. The largest absolute Gasteiger partial charge is 0.465 e. The van der Waals surface area contributed by atoms with Crippen molar-refractivity contribution in [1.29, 1.82) is 0 Å². The van der Waals surface area contributed by atoms with Crippen LogP contribution in [-0.2, 0) is 0 Å². The predicted octanol–water partition coefficient (Wildman–Crippen LogP) is 0.885. The van der Waals surface area contributed by atoms with Gasteiger partial charge >= 0.3 is 6.09 Å². The molecule has 7 nitrogen and oxygen atoms in total. The quantitative estimate of drug-likeness (QED) is 0.842. The molecule has 3 N–H and O–H groups in total. The number of piperidine rings is 1. The number of nitrogen functional groups attached to an aromatic ring is 1. The summed E-state index contributed by atoms with van der Waals surface area (Å²) in [6.45, 7) is 2.07. The molecular weight excluding hydrogens is 246 g/mol. The molecule has 2 heterocycles. The fraction of sp³-hybridized carbons (Fsp3) is 0.583. The van der Waals surface area contributed by atoms with Gasteiger partial charge in [0, 0.05) is 32.7 Å². The Morgan fingerprint density at radius 1 is 1.53 bits per heavy atom. The first-order chi connectivity index (χ1) is 9.06. The third-order valence-corrected chi connectivity index (χ3v) is 3.48. The predicted molar refractivity (Wildman–Crippen MR) is 72.0 cm³/mol. The van der Waals surface area contributed by atoms with Crippen molar-refractivity contribution < 1.29 is 9.90 Å². The lowest BCUT2D eigenvalue weighted by Crippen LogP contribution is -2.40. The van der Waals surface area contributed by atoms with Crippen LogP contribution in [-0.4, -0.2) is 52.7 Å². The number of aromatic nitrogens is 2. The van der Waals surface area contributed by atoms with Crippen molar-refractivity contribution in [3.63, 3.8) is 0 Å². The molecular formula is C12H19N5O2. The number of amides is 1. The first-order valence-corrected chi connectivity index (χ1v) is 6.33. The number of rotatable bonds is 3. The Balaban J connectivity index is 1.87. The van der Waals surface area contributed by atoms with E-state index in [1.807, 2.05) is 11.9 Å². The van der Waals surface area contributed by atoms with Gasteiger partial charge in [0.25, 0.3) is 0 Å². The molecule has 1 aliphatic heterocycles. The van der Waals surface area contributed by atoms with Crippen LogP contribution in [0, 0.1) is 5.92 Å². The normalized spacial score (nSPS) is 16.4. The number of anilines is 2. The number of likely N-dealkylation sites (tertiary alicyclic amines) is 1. The van der Waals surface area contributed by atoms with E-state index in [4.69, 9.17) is 10.8 Å². The Labute approximate surface area is 112 Å². The molecule has 1 saturated heterocycles. The number of hydrogen-bond donors (Lipinski definition) is 2. The van der Waals surface area contributed by atoms with Gasteiger partial charge in [-0.05, 0) is 18.8 Å². The molecule has 0 bridgehead atoms. The molecule has 2 rings (SSSR count). The molecule has 1 aromatic rings. The first-order valence-electron chi connectivity index (χ1n) is 6.33. The van der Waals surface area contributed by atoms with E-state index in [9.17, 15) is 4.79 Å². The average Bonchev–Trinajstić information content (AvgIpc) is 2.39. The van der Waals surface area contributed by atoms with Crippen molar-refractivity contribution in [1.82, 2.24) is 14.9 Å². The van der Waals surface area contributed by atoms with E-state index in [0.29, 0.717) is 24.8 Å². The lowest BCUT2D eigenvalue weighted by molar-refractivity contribution is 0.125. The molecule has 0 radical (unpaired) electrons. The molecule has 0 aromatic carbocycles. The molecule has 1 aromatic heterocycles. The maximum absolute atomic E-state index is 10.8. The third-order valence-electron chi connectivity index (χ3n) is 3.48. The van der Waals surface area contributed by atoms with Crippen LogP contribution in [0.1, 0.15) is 12.8 Å². The maximum atomic E-state index is 10.8. The Hall–Kier alpha value is -2.05. The van der Waals surface area contributed by atoms with Gasteiger partial charge in [-0.25, -0.2) is 14.8 Å². The van der Waals surface area contributed by atoms with E-state index in [1.165, 1.54) is 11.2 Å². The van der Waals surface area contributed by atoms with Crippen LogP contribution in [0.15, 0.2) is 12.4 Å². The smallest absolute Gasteiger partial charge is 0.407 e. The van der Waals surface area contributed by atoms with E-state index >= 15 is 0 Å². The number of hydrogen-bond acceptors (Lipinski definition) is 5. The lowest BCUT2D eigenvalue weighted by atomic mass is 9.96. The zero-order valence-electron chi connectivity index (χ0n) is 11.0. The highest BCUT2D eigenvalue weighted by Crippen LogP contribution is 2.20. The fourth-order valence-corrected chi connectivity index (χ4v) is 2.36. The summed E-state index contributed by atoms with van der Waals surface area (Å²) in [5.74, 6) is 1.74. The molecule has 19 heavy (non-hydrogen) atoms. The minimum atomic E-state index is -0.824. The summed E-state index contributed by atoms with van der Waals surface area (Å²) in [4.78, 5) is 22.4. The second-order valence-corrected chi connectivity index (χ2v) is 4.89. The summed E-state index contributed by atoms with van der Waals surface area (Å²) in [7, 11) is 1.96. The fourth-order valence-electron chi connectivity index (χ4n) is 2.36. The van der Waals surface area contributed by atoms with Crippen LogP contribution < -0.4 is 10.6 Å². The van der Waals surface area contributed by atoms with Gasteiger partial charge in [0.2, 0.25) is 0 Å². The van der Waals surface area contributed by atoms with Crippen LogP contribution in [0.3, 0.4) is 0 Å². The van der Waals surface area contributed by atoms with Crippen LogP contribution in [0.5, 0.6) is 0 Å². The van der Waals surface area contributed by atoms with Crippen molar-refractivity contribution in [3.8, 4) is 0 Å². The number of carbonyl (C=O) groups is 1. The van der Waals surface area contributed by atoms with Crippen molar-refractivity contribution >= 4 is 17.7 Å². The second kappa shape index (κ2) is 5.73. The van der Waals surface area contributed by atoms with E-state index in [-0.39, 0.29) is 0 Å². The summed E-state index contributed by atoms with van der Waals surface area (Å²) >= 11 is 0. The monoisotopic (exact) mass is 265 g/mol. The van der Waals surface area contributed by atoms with E-state index in [1.54, 1.807) is 6.07 Å². The van der Waals surface area contributed by atoms with Gasteiger partial charge in [0.05, 0.1) is 0 Å². The first kappa shape index (κ1) is 13.4. The Morgan fingerprint density at radius 2 is 2.21 bits per heavy atom. The van der Waals surface area contributed by atoms with E-state index < -0.39 is 6.09 Å². The van der Waals surface area contributed by atoms with E-state index in [2.05, 4.69) is 9.97 Å².